The van der Waals surface area contributed by atoms with Crippen molar-refractivity contribution in [2.24, 2.45) is 5.73 Å². The number of nitrogens with two attached hydrogens (primary N) is 1. The van der Waals surface area contributed by atoms with E-state index in [4.69, 9.17) is 10.5 Å². The lowest BCUT2D eigenvalue weighted by Gasteiger charge is -2.40. The second kappa shape index (κ2) is 8.33. The van der Waals surface area contributed by atoms with E-state index in [9.17, 15) is 4.79 Å². The number of hydrogen-bond donors (Lipinski definition) is 1. The topological polar surface area (TPSA) is 73.4 Å². The van der Waals surface area contributed by atoms with Crippen molar-refractivity contribution in [3.8, 4) is 0 Å². The Kier molecular flexibility index (Phi) is 7.32. The number of amides is 1. The van der Waals surface area contributed by atoms with Crippen molar-refractivity contribution in [3.63, 3.8) is 0 Å². The summed E-state index contributed by atoms with van der Waals surface area (Å²) in [7, 11) is 0. The average molecular weight is 365 g/mol. The fraction of sp³-hybridized carbons (Fsp3) is 0.733. The smallest absolute Gasteiger partial charge is 0.242 e. The maximum Gasteiger partial charge on any atom is 0.242 e. The van der Waals surface area contributed by atoms with Crippen molar-refractivity contribution in [1.82, 2.24) is 14.7 Å². The molecule has 1 amide bonds. The number of aryl methyl sites for hydroxylation is 1. The third-order valence-corrected chi connectivity index (χ3v) is 4.60. The van der Waals surface area contributed by atoms with Crippen LogP contribution in [0.25, 0.3) is 0 Å². The summed E-state index contributed by atoms with van der Waals surface area (Å²) < 4.78 is 7.32. The van der Waals surface area contributed by atoms with Crippen molar-refractivity contribution in [2.75, 3.05) is 26.3 Å². The first-order chi connectivity index (χ1) is 10.1. The molecule has 6 nitrogen and oxygen atoms in total. The van der Waals surface area contributed by atoms with E-state index in [0.717, 1.165) is 24.9 Å². The standard InChI is InChI=1S/C15H24N4O2.2ClH/c1-12-9-17-19(10-12)13-3-2-6-18(11-13)14(20)15(16)4-7-21-8-5-15;;/h9-10,13H,2-8,11,16H2,1H3;2*1H. The number of piperidine rings is 1. The Hall–Kier alpha value is -0.820. The molecule has 0 aliphatic carbocycles. The second-order valence-electron chi connectivity index (χ2n) is 6.31. The van der Waals surface area contributed by atoms with Crippen LogP contribution in [0.15, 0.2) is 12.4 Å². The van der Waals surface area contributed by atoms with Crippen molar-refractivity contribution >= 4 is 30.7 Å². The van der Waals surface area contributed by atoms with Gasteiger partial charge in [-0.25, -0.2) is 0 Å². The summed E-state index contributed by atoms with van der Waals surface area (Å²) in [6.07, 6.45) is 7.21. The van der Waals surface area contributed by atoms with Crippen molar-refractivity contribution in [3.05, 3.63) is 18.0 Å². The van der Waals surface area contributed by atoms with Gasteiger partial charge in [0.25, 0.3) is 0 Å². The molecule has 2 aliphatic rings. The van der Waals surface area contributed by atoms with Crippen LogP contribution in [0.4, 0.5) is 0 Å². The highest BCUT2D eigenvalue weighted by atomic mass is 35.5. The number of hydrogen-bond acceptors (Lipinski definition) is 4. The molecule has 23 heavy (non-hydrogen) atoms. The molecule has 2 aliphatic heterocycles. The number of carbonyl (C=O) groups is 1. The molecule has 2 fully saturated rings. The van der Waals surface area contributed by atoms with Crippen molar-refractivity contribution in [2.45, 2.75) is 44.2 Å². The predicted octanol–water partition coefficient (Wildman–Crippen LogP) is 1.71. The molecule has 0 aromatic carbocycles. The molecule has 1 aromatic heterocycles. The Labute approximate surface area is 149 Å². The van der Waals surface area contributed by atoms with E-state index in [1.807, 2.05) is 28.9 Å². The summed E-state index contributed by atoms with van der Waals surface area (Å²) in [6.45, 7) is 4.71. The van der Waals surface area contributed by atoms with Crippen LogP contribution in [0.5, 0.6) is 0 Å². The largest absolute Gasteiger partial charge is 0.381 e. The van der Waals surface area contributed by atoms with Gasteiger partial charge in [0.15, 0.2) is 0 Å². The number of likely N-dealkylation sites (tertiary alicyclic amines) is 1. The molecule has 1 unspecified atom stereocenters. The van der Waals surface area contributed by atoms with E-state index in [-0.39, 0.29) is 36.8 Å². The van der Waals surface area contributed by atoms with Crippen LogP contribution in [0.2, 0.25) is 0 Å². The fourth-order valence-electron chi connectivity index (χ4n) is 3.25. The molecular formula is C15H26Cl2N4O2. The number of aromatic nitrogens is 2. The van der Waals surface area contributed by atoms with Crippen LogP contribution < -0.4 is 5.73 Å². The molecule has 0 radical (unpaired) electrons. The lowest BCUT2D eigenvalue weighted by molar-refractivity contribution is -0.142. The molecule has 1 aromatic rings. The lowest BCUT2D eigenvalue weighted by Crippen LogP contribution is -2.59. The number of nitrogens with zero attached hydrogens (tertiary/aromatic N) is 3. The van der Waals surface area contributed by atoms with Crippen LogP contribution in [-0.2, 0) is 9.53 Å². The van der Waals surface area contributed by atoms with Gasteiger partial charge in [-0.15, -0.1) is 24.8 Å². The summed E-state index contributed by atoms with van der Waals surface area (Å²) in [4.78, 5) is 14.7. The monoisotopic (exact) mass is 364 g/mol. The first-order valence-corrected chi connectivity index (χ1v) is 7.75. The van der Waals surface area contributed by atoms with Crippen LogP contribution in [0.1, 0.15) is 37.3 Å². The predicted molar refractivity (Wildman–Crippen MR) is 93.3 cm³/mol. The van der Waals surface area contributed by atoms with Crippen LogP contribution in [0, 0.1) is 6.92 Å². The quantitative estimate of drug-likeness (QED) is 0.866. The highest BCUT2D eigenvalue weighted by Crippen LogP contribution is 2.26. The molecule has 2 N–H and O–H groups in total. The van der Waals surface area contributed by atoms with Gasteiger partial charge in [-0.1, -0.05) is 0 Å². The summed E-state index contributed by atoms with van der Waals surface area (Å²) >= 11 is 0. The molecule has 2 saturated heterocycles. The first kappa shape index (κ1) is 20.2. The zero-order valence-electron chi connectivity index (χ0n) is 13.4. The van der Waals surface area contributed by atoms with Crippen LogP contribution in [-0.4, -0.2) is 52.4 Å². The van der Waals surface area contributed by atoms with E-state index in [1.165, 1.54) is 0 Å². The van der Waals surface area contributed by atoms with E-state index in [2.05, 4.69) is 5.10 Å². The number of rotatable bonds is 2. The Morgan fingerprint density at radius 2 is 2.09 bits per heavy atom. The SMILES string of the molecule is Cc1cnn(C2CCCN(C(=O)C3(N)CCOCC3)C2)c1.Cl.Cl. The average Bonchev–Trinajstić information content (AvgIpc) is 2.94. The minimum Gasteiger partial charge on any atom is -0.381 e. The highest BCUT2D eigenvalue weighted by Gasteiger charge is 2.40. The van der Waals surface area contributed by atoms with Gasteiger partial charge in [0.2, 0.25) is 5.91 Å². The van der Waals surface area contributed by atoms with Crippen LogP contribution in [0.3, 0.4) is 0 Å². The van der Waals surface area contributed by atoms with E-state index >= 15 is 0 Å². The Morgan fingerprint density at radius 3 is 2.70 bits per heavy atom. The third kappa shape index (κ3) is 4.38. The Bertz CT molecular complexity index is 517. The molecule has 0 saturated carbocycles. The van der Waals surface area contributed by atoms with Gasteiger partial charge < -0.3 is 15.4 Å². The minimum atomic E-state index is -0.736. The van der Waals surface area contributed by atoms with E-state index in [0.29, 0.717) is 32.6 Å². The van der Waals surface area contributed by atoms with Gasteiger partial charge in [0, 0.05) is 32.5 Å². The molecular weight excluding hydrogens is 339 g/mol. The summed E-state index contributed by atoms with van der Waals surface area (Å²) in [5, 5.41) is 4.39. The Morgan fingerprint density at radius 1 is 1.39 bits per heavy atom. The third-order valence-electron chi connectivity index (χ3n) is 4.60. The molecule has 8 heteroatoms. The summed E-state index contributed by atoms with van der Waals surface area (Å²) in [6, 6.07) is 0.264. The van der Waals surface area contributed by atoms with Gasteiger partial charge in [0.1, 0.15) is 0 Å². The highest BCUT2D eigenvalue weighted by molar-refractivity contribution is 5.86. The molecule has 3 rings (SSSR count). The second-order valence-corrected chi connectivity index (χ2v) is 6.31. The zero-order chi connectivity index (χ0) is 14.9. The van der Waals surface area contributed by atoms with Gasteiger partial charge in [-0.3, -0.25) is 9.48 Å². The lowest BCUT2D eigenvalue weighted by atomic mass is 9.88. The minimum absolute atomic E-state index is 0. The number of carbonyl (C=O) groups excluding carboxylic acids is 1. The van der Waals surface area contributed by atoms with Gasteiger partial charge in [-0.05, 0) is 38.2 Å². The maximum absolute atomic E-state index is 12.8. The summed E-state index contributed by atoms with van der Waals surface area (Å²) in [5.41, 5.74) is 6.74. The van der Waals surface area contributed by atoms with Crippen LogP contribution >= 0.6 is 24.8 Å². The van der Waals surface area contributed by atoms with Gasteiger partial charge in [0.05, 0.1) is 17.8 Å². The normalized spacial score (nSPS) is 23.6. The zero-order valence-corrected chi connectivity index (χ0v) is 15.1. The van der Waals surface area contributed by atoms with E-state index < -0.39 is 5.54 Å². The molecule has 3 heterocycles. The number of halogens is 2. The molecule has 0 spiro atoms. The van der Waals surface area contributed by atoms with E-state index in [1.54, 1.807) is 0 Å². The van der Waals surface area contributed by atoms with Crippen molar-refractivity contribution in [1.29, 1.82) is 0 Å². The maximum atomic E-state index is 12.8. The number of ether oxygens (including phenoxy) is 1. The van der Waals surface area contributed by atoms with Crippen molar-refractivity contribution < 1.29 is 9.53 Å². The summed E-state index contributed by atoms with van der Waals surface area (Å²) in [5.74, 6) is 0.0828. The Balaban J connectivity index is 0.00000132. The molecule has 1 atom stereocenters. The van der Waals surface area contributed by atoms with Gasteiger partial charge >= 0.3 is 0 Å². The van der Waals surface area contributed by atoms with Gasteiger partial charge in [-0.2, -0.15) is 5.10 Å². The fourth-order valence-corrected chi connectivity index (χ4v) is 3.25. The first-order valence-electron chi connectivity index (χ1n) is 7.75. The molecule has 132 valence electrons. The molecule has 0 bridgehead atoms.